The van der Waals surface area contributed by atoms with Gasteiger partial charge >= 0.3 is 6.18 Å². The second-order valence-corrected chi connectivity index (χ2v) is 5.71. The van der Waals surface area contributed by atoms with Crippen molar-refractivity contribution in [2.75, 3.05) is 18.4 Å². The average molecular weight is 391 g/mol. The van der Waals surface area contributed by atoms with E-state index in [0.29, 0.717) is 30.3 Å². The van der Waals surface area contributed by atoms with E-state index in [1.54, 1.807) is 25.4 Å². The lowest BCUT2D eigenvalue weighted by molar-refractivity contribution is -0.137. The van der Waals surface area contributed by atoms with Crippen molar-refractivity contribution in [3.63, 3.8) is 0 Å². The molecular weight excluding hydrogens is 375 g/mol. The predicted octanol–water partition coefficient (Wildman–Crippen LogP) is 2.23. The summed E-state index contributed by atoms with van der Waals surface area (Å²) in [5, 5.41) is 9.73. The van der Waals surface area contributed by atoms with Crippen molar-refractivity contribution in [2.24, 2.45) is 0 Å². The maximum Gasteiger partial charge on any atom is 0.417 e. The number of rotatable bonds is 6. The summed E-state index contributed by atoms with van der Waals surface area (Å²) >= 11 is 0. The lowest BCUT2D eigenvalue weighted by atomic mass is 10.2. The summed E-state index contributed by atoms with van der Waals surface area (Å²) in [5.41, 5.74) is -0.0873. The molecule has 28 heavy (non-hydrogen) atoms. The van der Waals surface area contributed by atoms with E-state index in [4.69, 9.17) is 0 Å². The molecule has 11 heteroatoms. The first-order valence-corrected chi connectivity index (χ1v) is 8.23. The topological polar surface area (TPSA) is 97.6 Å². The Hall–Kier alpha value is -3.50. The number of halogens is 3. The van der Waals surface area contributed by atoms with E-state index in [-0.39, 0.29) is 11.7 Å². The number of hydrogen-bond donors (Lipinski definition) is 2. The Morgan fingerprint density at radius 2 is 1.86 bits per heavy atom. The third-order valence-electron chi connectivity index (χ3n) is 3.81. The number of aromatic nitrogens is 5. The summed E-state index contributed by atoms with van der Waals surface area (Å²) in [7, 11) is 0. The first-order chi connectivity index (χ1) is 13.4. The van der Waals surface area contributed by atoms with Crippen molar-refractivity contribution in [2.45, 2.75) is 13.1 Å². The predicted molar refractivity (Wildman–Crippen MR) is 94.0 cm³/mol. The van der Waals surface area contributed by atoms with Crippen LogP contribution in [-0.4, -0.2) is 43.7 Å². The van der Waals surface area contributed by atoms with Gasteiger partial charge in [-0.2, -0.15) is 18.3 Å². The highest BCUT2D eigenvalue weighted by molar-refractivity contribution is 5.95. The summed E-state index contributed by atoms with van der Waals surface area (Å²) < 4.78 is 39.2. The van der Waals surface area contributed by atoms with Gasteiger partial charge in [-0.25, -0.2) is 19.6 Å². The number of anilines is 1. The summed E-state index contributed by atoms with van der Waals surface area (Å²) in [6.45, 7) is 2.38. The number of nitrogens with one attached hydrogen (secondary N) is 2. The van der Waals surface area contributed by atoms with Gasteiger partial charge in [-0.15, -0.1) is 0 Å². The molecule has 0 aromatic carbocycles. The van der Waals surface area contributed by atoms with E-state index in [0.717, 1.165) is 12.3 Å². The van der Waals surface area contributed by atoms with Crippen LogP contribution in [0.1, 0.15) is 21.6 Å². The Labute approximate surface area is 157 Å². The van der Waals surface area contributed by atoms with Crippen molar-refractivity contribution >= 4 is 11.9 Å². The summed E-state index contributed by atoms with van der Waals surface area (Å²) in [6.07, 6.45) is 0.807. The van der Waals surface area contributed by atoms with Gasteiger partial charge in [-0.1, -0.05) is 0 Å². The second-order valence-electron chi connectivity index (χ2n) is 5.71. The van der Waals surface area contributed by atoms with Crippen LogP contribution >= 0.6 is 0 Å². The highest BCUT2D eigenvalue weighted by atomic mass is 19.4. The van der Waals surface area contributed by atoms with Crippen LogP contribution < -0.4 is 10.6 Å². The van der Waals surface area contributed by atoms with E-state index in [1.165, 1.54) is 16.9 Å². The molecule has 0 bridgehead atoms. The zero-order valence-electron chi connectivity index (χ0n) is 14.7. The Kier molecular flexibility index (Phi) is 5.52. The molecule has 0 aliphatic heterocycles. The van der Waals surface area contributed by atoms with Gasteiger partial charge in [0, 0.05) is 31.7 Å². The van der Waals surface area contributed by atoms with Crippen LogP contribution in [0.2, 0.25) is 0 Å². The molecule has 3 rings (SSSR count). The zero-order valence-corrected chi connectivity index (χ0v) is 14.7. The molecule has 0 radical (unpaired) electrons. The first kappa shape index (κ1) is 19.3. The Bertz CT molecular complexity index is 940. The molecule has 0 saturated carbocycles. The molecule has 8 nitrogen and oxygen atoms in total. The molecule has 3 aromatic rings. The number of nitrogens with zero attached hydrogens (tertiary/aromatic N) is 5. The first-order valence-electron chi connectivity index (χ1n) is 8.23. The van der Waals surface area contributed by atoms with Crippen LogP contribution in [0.15, 0.2) is 43.0 Å². The molecule has 0 unspecified atom stereocenters. The van der Waals surface area contributed by atoms with E-state index < -0.39 is 11.7 Å². The van der Waals surface area contributed by atoms with Gasteiger partial charge < -0.3 is 10.6 Å². The lowest BCUT2D eigenvalue weighted by Crippen LogP contribution is -2.29. The molecule has 3 heterocycles. The third kappa shape index (κ3) is 4.42. The molecule has 0 aliphatic rings. The van der Waals surface area contributed by atoms with Gasteiger partial charge in [0.25, 0.3) is 5.91 Å². The van der Waals surface area contributed by atoms with Gasteiger partial charge in [0.05, 0.1) is 23.0 Å². The van der Waals surface area contributed by atoms with Crippen molar-refractivity contribution in [3.8, 4) is 5.82 Å². The quantitative estimate of drug-likeness (QED) is 0.626. The van der Waals surface area contributed by atoms with Crippen molar-refractivity contribution in [3.05, 3.63) is 59.8 Å². The van der Waals surface area contributed by atoms with Crippen LogP contribution in [0.3, 0.4) is 0 Å². The molecular formula is C17H16F3N7O. The summed E-state index contributed by atoms with van der Waals surface area (Å²) in [4.78, 5) is 24.1. The molecule has 0 atom stereocenters. The van der Waals surface area contributed by atoms with Crippen molar-refractivity contribution < 1.29 is 18.0 Å². The molecule has 0 fully saturated rings. The lowest BCUT2D eigenvalue weighted by Gasteiger charge is -2.09. The molecule has 0 saturated heterocycles. The standard InChI is InChI=1S/C17H16F3N7O/c1-11-13(15(28)21-7-8-24-16-22-5-2-6-23-16)10-26-27(11)14-4-3-12(9-25-14)17(18,19)20/h2-6,9-10H,7-8H2,1H3,(H,21,28)(H,22,23,24). The molecule has 1 amide bonds. The summed E-state index contributed by atoms with van der Waals surface area (Å²) in [6, 6.07) is 3.81. The highest BCUT2D eigenvalue weighted by Crippen LogP contribution is 2.28. The van der Waals surface area contributed by atoms with Crippen LogP contribution in [0, 0.1) is 6.92 Å². The van der Waals surface area contributed by atoms with E-state index in [1.807, 2.05) is 0 Å². The Morgan fingerprint density at radius 1 is 1.11 bits per heavy atom. The number of carbonyl (C=O) groups is 1. The second kappa shape index (κ2) is 8.03. The summed E-state index contributed by atoms with van der Waals surface area (Å²) in [5.74, 6) is 0.285. The number of hydrogen-bond acceptors (Lipinski definition) is 6. The number of pyridine rings is 1. The van der Waals surface area contributed by atoms with Crippen molar-refractivity contribution in [1.82, 2.24) is 30.0 Å². The van der Waals surface area contributed by atoms with Gasteiger partial charge in [0.1, 0.15) is 0 Å². The minimum Gasteiger partial charge on any atom is -0.352 e. The number of amides is 1. The Morgan fingerprint density at radius 3 is 2.50 bits per heavy atom. The fourth-order valence-corrected chi connectivity index (χ4v) is 2.38. The number of alkyl halides is 3. The highest BCUT2D eigenvalue weighted by Gasteiger charge is 2.30. The SMILES string of the molecule is Cc1c(C(=O)NCCNc2ncccn2)cnn1-c1ccc(C(F)(F)F)cn1. The normalized spacial score (nSPS) is 11.3. The fraction of sp³-hybridized carbons (Fsp3) is 0.235. The van der Waals surface area contributed by atoms with Crippen LogP contribution in [0.25, 0.3) is 5.82 Å². The minimum absolute atomic E-state index is 0.187. The van der Waals surface area contributed by atoms with Crippen molar-refractivity contribution in [1.29, 1.82) is 0 Å². The van der Waals surface area contributed by atoms with Crippen LogP contribution in [0.4, 0.5) is 19.1 Å². The maximum absolute atomic E-state index is 12.6. The van der Waals surface area contributed by atoms with E-state index in [9.17, 15) is 18.0 Å². The monoisotopic (exact) mass is 391 g/mol. The molecule has 3 aromatic heterocycles. The molecule has 2 N–H and O–H groups in total. The zero-order chi connectivity index (χ0) is 20.1. The Balaban J connectivity index is 1.61. The van der Waals surface area contributed by atoms with Gasteiger partial charge in [-0.05, 0) is 25.1 Å². The molecule has 0 aliphatic carbocycles. The van der Waals surface area contributed by atoms with E-state index in [2.05, 4.69) is 30.7 Å². The average Bonchev–Trinajstić information content (AvgIpc) is 3.07. The maximum atomic E-state index is 12.6. The smallest absolute Gasteiger partial charge is 0.352 e. The van der Waals surface area contributed by atoms with Crippen LogP contribution in [-0.2, 0) is 6.18 Å². The van der Waals surface area contributed by atoms with Gasteiger partial charge in [0.15, 0.2) is 5.82 Å². The largest absolute Gasteiger partial charge is 0.417 e. The third-order valence-corrected chi connectivity index (χ3v) is 3.81. The minimum atomic E-state index is -4.46. The van der Waals surface area contributed by atoms with Gasteiger partial charge in [-0.3, -0.25) is 4.79 Å². The molecule has 146 valence electrons. The number of carbonyl (C=O) groups excluding carboxylic acids is 1. The van der Waals surface area contributed by atoms with Crippen LogP contribution in [0.5, 0.6) is 0 Å². The van der Waals surface area contributed by atoms with E-state index >= 15 is 0 Å². The fourth-order valence-electron chi connectivity index (χ4n) is 2.38. The van der Waals surface area contributed by atoms with Gasteiger partial charge in [0.2, 0.25) is 5.95 Å². The molecule has 0 spiro atoms.